The number of nitrogen functional groups attached to an aromatic ring is 1. The average molecular weight is 281 g/mol. The molecule has 106 valence electrons. The number of rotatable bonds is 4. The van der Waals surface area contributed by atoms with E-state index in [0.29, 0.717) is 11.3 Å². The molecule has 0 saturated carbocycles. The van der Waals surface area contributed by atoms with Gasteiger partial charge in [0.2, 0.25) is 0 Å². The predicted molar refractivity (Wildman–Crippen MR) is 81.1 cm³/mol. The summed E-state index contributed by atoms with van der Waals surface area (Å²) in [6, 6.07) is 14.8. The van der Waals surface area contributed by atoms with Gasteiger partial charge < -0.3 is 15.6 Å². The minimum atomic E-state index is -0.873. The molecule has 0 aromatic heterocycles. The summed E-state index contributed by atoms with van der Waals surface area (Å²) < 4.78 is 5.12. The van der Waals surface area contributed by atoms with E-state index >= 15 is 0 Å². The fourth-order valence-electron chi connectivity index (χ4n) is 2.58. The summed E-state index contributed by atoms with van der Waals surface area (Å²) in [5.41, 5.74) is 9.50. The number of benzene rings is 2. The molecule has 2 aromatic carbocycles. The molecule has 4 heteroatoms. The number of hydrogen-bond acceptors (Lipinski definition) is 3. The minimum absolute atomic E-state index is 0.156. The molecule has 0 amide bonds. The number of carboxylic acid groups (broad SMARTS) is 1. The Balaban J connectivity index is 1.93. The van der Waals surface area contributed by atoms with Gasteiger partial charge in [-0.2, -0.15) is 0 Å². The van der Waals surface area contributed by atoms with Gasteiger partial charge in [-0.05, 0) is 41.0 Å². The quantitative estimate of drug-likeness (QED) is 0.845. The van der Waals surface area contributed by atoms with Crippen molar-refractivity contribution in [1.29, 1.82) is 0 Å². The fraction of sp³-hybridized carbons (Fsp3) is 0.118. The Morgan fingerprint density at radius 1 is 1.10 bits per heavy atom. The second-order valence-corrected chi connectivity index (χ2v) is 4.96. The number of carbonyl (C=O) groups is 1. The van der Waals surface area contributed by atoms with Gasteiger partial charge in [0, 0.05) is 11.6 Å². The van der Waals surface area contributed by atoms with Gasteiger partial charge in [0.05, 0.1) is 12.7 Å². The monoisotopic (exact) mass is 281 g/mol. The Hall–Kier alpha value is -2.75. The molecular formula is C17H15NO3. The van der Waals surface area contributed by atoms with E-state index in [0.717, 1.165) is 22.4 Å². The maximum Gasteiger partial charge on any atom is 0.332 e. The SMILES string of the molecule is COc1ccc(C2C(C(=O)O)=C2c2ccc(N)cc2)cc1. The highest BCUT2D eigenvalue weighted by Crippen LogP contribution is 2.54. The molecule has 1 atom stereocenters. The molecule has 4 nitrogen and oxygen atoms in total. The number of nitrogens with two attached hydrogens (primary N) is 1. The van der Waals surface area contributed by atoms with E-state index in [2.05, 4.69) is 0 Å². The van der Waals surface area contributed by atoms with Crippen LogP contribution in [-0.4, -0.2) is 18.2 Å². The largest absolute Gasteiger partial charge is 0.497 e. The topological polar surface area (TPSA) is 72.5 Å². The minimum Gasteiger partial charge on any atom is -0.497 e. The maximum absolute atomic E-state index is 11.4. The summed E-state index contributed by atoms with van der Waals surface area (Å²) in [6.07, 6.45) is 0. The third-order valence-electron chi connectivity index (χ3n) is 3.69. The van der Waals surface area contributed by atoms with Crippen molar-refractivity contribution < 1.29 is 14.6 Å². The lowest BCUT2D eigenvalue weighted by Gasteiger charge is -2.04. The lowest BCUT2D eigenvalue weighted by Crippen LogP contribution is -1.94. The highest BCUT2D eigenvalue weighted by atomic mass is 16.5. The van der Waals surface area contributed by atoms with Crippen LogP contribution in [0.3, 0.4) is 0 Å². The molecule has 0 saturated heterocycles. The van der Waals surface area contributed by atoms with Crippen LogP contribution in [-0.2, 0) is 4.79 Å². The maximum atomic E-state index is 11.4. The van der Waals surface area contributed by atoms with E-state index in [1.165, 1.54) is 0 Å². The van der Waals surface area contributed by atoms with Crippen LogP contribution < -0.4 is 10.5 Å². The molecule has 3 N–H and O–H groups in total. The zero-order chi connectivity index (χ0) is 15.0. The summed E-state index contributed by atoms with van der Waals surface area (Å²) in [6.45, 7) is 0. The van der Waals surface area contributed by atoms with Gasteiger partial charge in [-0.1, -0.05) is 24.3 Å². The first-order valence-electron chi connectivity index (χ1n) is 6.59. The van der Waals surface area contributed by atoms with Crippen LogP contribution in [0.2, 0.25) is 0 Å². The molecule has 0 radical (unpaired) electrons. The molecule has 0 fully saturated rings. The summed E-state index contributed by atoms with van der Waals surface area (Å²) in [4.78, 5) is 11.4. The molecule has 0 spiro atoms. The van der Waals surface area contributed by atoms with Gasteiger partial charge in [-0.3, -0.25) is 0 Å². The van der Waals surface area contributed by atoms with Crippen LogP contribution in [0.15, 0.2) is 54.1 Å². The first-order valence-corrected chi connectivity index (χ1v) is 6.59. The van der Waals surface area contributed by atoms with E-state index < -0.39 is 5.97 Å². The van der Waals surface area contributed by atoms with Crippen molar-refractivity contribution in [3.63, 3.8) is 0 Å². The van der Waals surface area contributed by atoms with E-state index in [9.17, 15) is 9.90 Å². The molecule has 1 aliphatic carbocycles. The third kappa shape index (κ3) is 2.36. The molecule has 1 aliphatic rings. The Labute approximate surface area is 122 Å². The number of hydrogen-bond donors (Lipinski definition) is 2. The van der Waals surface area contributed by atoms with Crippen LogP contribution in [0.1, 0.15) is 17.0 Å². The Bertz CT molecular complexity index is 715. The van der Waals surface area contributed by atoms with Crippen molar-refractivity contribution in [2.75, 3.05) is 12.8 Å². The fourth-order valence-corrected chi connectivity index (χ4v) is 2.58. The Morgan fingerprint density at radius 3 is 2.24 bits per heavy atom. The highest BCUT2D eigenvalue weighted by Gasteiger charge is 2.43. The van der Waals surface area contributed by atoms with E-state index in [4.69, 9.17) is 10.5 Å². The van der Waals surface area contributed by atoms with E-state index in [-0.39, 0.29) is 5.92 Å². The summed E-state index contributed by atoms with van der Waals surface area (Å²) in [5.74, 6) is -0.273. The van der Waals surface area contributed by atoms with Gasteiger partial charge in [0.15, 0.2) is 0 Å². The van der Waals surface area contributed by atoms with Crippen molar-refractivity contribution in [2.24, 2.45) is 0 Å². The normalized spacial score (nSPS) is 16.7. The molecule has 0 bridgehead atoms. The standard InChI is InChI=1S/C17H15NO3/c1-21-13-8-4-11(5-9-13)15-14(16(15)17(19)20)10-2-6-12(18)7-3-10/h2-9,15H,18H2,1H3,(H,19,20). The molecular weight excluding hydrogens is 266 g/mol. The number of ether oxygens (including phenoxy) is 1. The smallest absolute Gasteiger partial charge is 0.332 e. The summed E-state index contributed by atoms with van der Waals surface area (Å²) in [7, 11) is 1.60. The first kappa shape index (κ1) is 13.2. The van der Waals surface area contributed by atoms with Crippen molar-refractivity contribution in [2.45, 2.75) is 5.92 Å². The molecule has 0 aliphatic heterocycles. The van der Waals surface area contributed by atoms with Gasteiger partial charge in [-0.15, -0.1) is 0 Å². The lowest BCUT2D eigenvalue weighted by molar-refractivity contribution is -0.132. The van der Waals surface area contributed by atoms with E-state index in [1.54, 1.807) is 19.2 Å². The van der Waals surface area contributed by atoms with Crippen LogP contribution in [0.4, 0.5) is 5.69 Å². The Morgan fingerprint density at radius 2 is 1.71 bits per heavy atom. The van der Waals surface area contributed by atoms with Crippen molar-refractivity contribution in [1.82, 2.24) is 0 Å². The third-order valence-corrected chi connectivity index (χ3v) is 3.69. The van der Waals surface area contributed by atoms with E-state index in [1.807, 2.05) is 36.4 Å². The van der Waals surface area contributed by atoms with Crippen molar-refractivity contribution in [3.8, 4) is 5.75 Å². The van der Waals surface area contributed by atoms with Gasteiger partial charge in [0.25, 0.3) is 0 Å². The summed E-state index contributed by atoms with van der Waals surface area (Å²) in [5, 5.41) is 9.36. The molecule has 1 unspecified atom stereocenters. The zero-order valence-electron chi connectivity index (χ0n) is 11.5. The Kier molecular flexibility index (Phi) is 3.14. The molecule has 0 heterocycles. The number of aliphatic carboxylic acids is 1. The van der Waals surface area contributed by atoms with Gasteiger partial charge in [0.1, 0.15) is 5.75 Å². The lowest BCUT2D eigenvalue weighted by atomic mass is 10.0. The first-order chi connectivity index (χ1) is 10.1. The van der Waals surface area contributed by atoms with Crippen molar-refractivity contribution in [3.05, 3.63) is 65.2 Å². The molecule has 21 heavy (non-hydrogen) atoms. The van der Waals surface area contributed by atoms with Crippen LogP contribution in [0.25, 0.3) is 5.57 Å². The number of methoxy groups -OCH3 is 1. The van der Waals surface area contributed by atoms with Gasteiger partial charge >= 0.3 is 5.97 Å². The van der Waals surface area contributed by atoms with Crippen LogP contribution in [0, 0.1) is 0 Å². The number of anilines is 1. The highest BCUT2D eigenvalue weighted by molar-refractivity contribution is 6.12. The molecule has 2 aromatic rings. The second-order valence-electron chi connectivity index (χ2n) is 4.96. The van der Waals surface area contributed by atoms with Crippen LogP contribution in [0.5, 0.6) is 5.75 Å². The van der Waals surface area contributed by atoms with Crippen LogP contribution >= 0.6 is 0 Å². The average Bonchev–Trinajstić information content (AvgIpc) is 3.24. The number of carboxylic acids is 1. The van der Waals surface area contributed by atoms with Crippen molar-refractivity contribution >= 4 is 17.2 Å². The molecule has 3 rings (SSSR count). The second kappa shape index (κ2) is 4.98. The zero-order valence-corrected chi connectivity index (χ0v) is 11.5. The number of allylic oxidation sites excluding steroid dienone is 1. The predicted octanol–water partition coefficient (Wildman–Crippen LogP) is 2.91. The summed E-state index contributed by atoms with van der Waals surface area (Å²) >= 11 is 0. The van der Waals surface area contributed by atoms with Gasteiger partial charge in [-0.25, -0.2) is 4.79 Å².